The minimum Gasteiger partial charge on any atom is -0.134 e. The third-order valence-corrected chi connectivity index (χ3v) is 23.8. The Morgan fingerprint density at radius 3 is 0.988 bits per heavy atom. The van der Waals surface area contributed by atoms with Crippen LogP contribution in [0.3, 0.4) is 0 Å². The molecule has 0 saturated heterocycles. The molecule has 0 saturated carbocycles. The van der Waals surface area contributed by atoms with Gasteiger partial charge in [0.1, 0.15) is 0 Å². The van der Waals surface area contributed by atoms with Crippen LogP contribution in [-0.4, -0.2) is 0 Å². The fourth-order valence-corrected chi connectivity index (χ4v) is 18.7. The Hall–Kier alpha value is -4.10. The van der Waals surface area contributed by atoms with E-state index in [4.69, 9.17) is 0 Å². The number of aryl methyl sites for hydroxylation is 6. The van der Waals surface area contributed by atoms with E-state index < -0.39 is 0 Å². The summed E-state index contributed by atoms with van der Waals surface area (Å²) in [6.07, 6.45) is 40.3. The summed E-state index contributed by atoms with van der Waals surface area (Å²) in [7, 11) is 0. The van der Waals surface area contributed by atoms with Gasteiger partial charge in [-0.2, -0.15) is 0 Å². The Kier molecular flexibility index (Phi) is 25.1. The minimum atomic E-state index is 1.15. The first-order chi connectivity index (χ1) is 40.4. The highest BCUT2D eigenvalue weighted by atomic mass is 32.1. The molecule has 82 heavy (non-hydrogen) atoms. The molecule has 0 bridgehead atoms. The Morgan fingerprint density at radius 1 is 0.244 bits per heavy atom. The number of unbranched alkanes of at least 4 members (excludes halogenated alkanes) is 21. The van der Waals surface area contributed by atoms with E-state index in [2.05, 4.69) is 196 Å². The van der Waals surface area contributed by atoms with Gasteiger partial charge in [-0.05, 0) is 180 Å². The Labute approximate surface area is 517 Å². The standard InChI is InChI=1S/C77H98S5/c1-7-12-17-22-23-24-25-26-27-28-33-57-39-41-61-51-63(45-43-59(61)49-57)71-53-65(35-30-19-14-9-3)75(80-71)77-67(37-32-21-16-11-5)55-73(82-77)69-47-46-68(78-69)72-54-66(36-31-20-15-10-4)76(81-72)74-64(34-29-18-13-8-2)52-70(79-74)62-44-42-58-48-56(6)38-40-60(58)50-62/h38-55H,7-37H2,1-6H3. The van der Waals surface area contributed by atoms with Crippen LogP contribution in [0.1, 0.15) is 235 Å². The molecular weight excluding hydrogens is 1090 g/mol. The molecule has 0 aliphatic carbocycles. The molecule has 0 amide bonds. The van der Waals surface area contributed by atoms with E-state index in [1.807, 2.05) is 11.3 Å². The van der Waals surface area contributed by atoms with Crippen molar-refractivity contribution in [1.82, 2.24) is 0 Å². The SMILES string of the molecule is CCCCCCCCCCCCc1ccc2cc(-c3cc(CCCCCC)c(-c4sc(-c5ccc(-c6cc(CCCCCC)c(-c7sc(-c8ccc9cc(C)ccc9c8)cc7CCCCCC)s6)s5)cc4CCCCCC)s3)ccc2c1. The van der Waals surface area contributed by atoms with Gasteiger partial charge in [-0.15, -0.1) is 56.7 Å². The molecule has 0 aliphatic heterocycles. The van der Waals surface area contributed by atoms with Crippen molar-refractivity contribution in [3.63, 3.8) is 0 Å². The Bertz CT molecular complexity index is 3340. The second-order valence-electron chi connectivity index (χ2n) is 24.2. The molecule has 9 rings (SSSR count). The molecule has 0 radical (unpaired) electrons. The molecule has 0 unspecified atom stereocenters. The molecule has 0 nitrogen and oxygen atoms in total. The van der Waals surface area contributed by atoms with Crippen LogP contribution in [0.15, 0.2) is 109 Å². The molecule has 436 valence electrons. The minimum absolute atomic E-state index is 1.15. The molecule has 0 N–H and O–H groups in total. The number of hydrogen-bond acceptors (Lipinski definition) is 5. The second kappa shape index (κ2) is 33.0. The lowest BCUT2D eigenvalue weighted by molar-refractivity contribution is 0.556. The highest BCUT2D eigenvalue weighted by Gasteiger charge is 2.23. The van der Waals surface area contributed by atoms with Crippen molar-refractivity contribution in [3.8, 4) is 59.9 Å². The number of thiophene rings is 5. The maximum atomic E-state index is 2.62. The van der Waals surface area contributed by atoms with Gasteiger partial charge in [-0.3, -0.25) is 0 Å². The lowest BCUT2D eigenvalue weighted by Crippen LogP contribution is -1.89. The third kappa shape index (κ3) is 17.3. The van der Waals surface area contributed by atoms with Crippen molar-refractivity contribution in [2.24, 2.45) is 0 Å². The fraction of sp³-hybridized carbons (Fsp3) is 0.481. The highest BCUT2D eigenvalue weighted by molar-refractivity contribution is 7.30. The van der Waals surface area contributed by atoms with E-state index in [-0.39, 0.29) is 0 Å². The molecular formula is C77H98S5. The maximum absolute atomic E-state index is 2.62. The lowest BCUT2D eigenvalue weighted by atomic mass is 9.99. The summed E-state index contributed by atoms with van der Waals surface area (Å²) in [6.45, 7) is 13.9. The summed E-state index contributed by atoms with van der Waals surface area (Å²) in [4.78, 5) is 14.7. The van der Waals surface area contributed by atoms with E-state index >= 15 is 0 Å². The molecule has 0 spiro atoms. The Balaban J connectivity index is 1.000. The first-order valence-corrected chi connectivity index (χ1v) is 37.1. The van der Waals surface area contributed by atoms with Crippen LogP contribution in [0, 0.1) is 6.92 Å². The van der Waals surface area contributed by atoms with Gasteiger partial charge >= 0.3 is 0 Å². The Morgan fingerprint density at radius 2 is 0.561 bits per heavy atom. The largest absolute Gasteiger partial charge is 0.134 e. The van der Waals surface area contributed by atoms with E-state index in [0.29, 0.717) is 0 Å². The van der Waals surface area contributed by atoms with Crippen molar-refractivity contribution in [2.45, 2.75) is 241 Å². The molecule has 4 aromatic carbocycles. The quantitative estimate of drug-likeness (QED) is 0.0341. The number of rotatable bonds is 37. The smallest absolute Gasteiger partial charge is 0.0484 e. The fourth-order valence-electron chi connectivity index (χ4n) is 12.3. The van der Waals surface area contributed by atoms with Crippen molar-refractivity contribution in [3.05, 3.63) is 143 Å². The first-order valence-electron chi connectivity index (χ1n) is 33.0. The summed E-state index contributed by atoms with van der Waals surface area (Å²) in [5.74, 6) is 0. The number of hydrogen-bond donors (Lipinski definition) is 0. The van der Waals surface area contributed by atoms with E-state index in [0.717, 1.165) is 25.7 Å². The first kappa shape index (κ1) is 62.4. The van der Waals surface area contributed by atoms with Crippen LogP contribution in [0.5, 0.6) is 0 Å². The predicted octanol–water partition coefficient (Wildman–Crippen LogP) is 27.6. The second-order valence-corrected chi connectivity index (χ2v) is 29.5. The summed E-state index contributed by atoms with van der Waals surface area (Å²) >= 11 is 10.3. The van der Waals surface area contributed by atoms with Crippen LogP contribution in [-0.2, 0) is 32.1 Å². The summed E-state index contributed by atoms with van der Waals surface area (Å²) in [6, 6.07) is 44.0. The van der Waals surface area contributed by atoms with E-state index in [9.17, 15) is 0 Å². The van der Waals surface area contributed by atoms with Crippen molar-refractivity contribution in [2.75, 3.05) is 0 Å². The molecule has 5 heteroatoms. The number of benzene rings is 4. The van der Waals surface area contributed by atoms with Crippen LogP contribution in [0.2, 0.25) is 0 Å². The van der Waals surface area contributed by atoms with Gasteiger partial charge in [0.2, 0.25) is 0 Å². The van der Waals surface area contributed by atoms with Crippen LogP contribution in [0.4, 0.5) is 0 Å². The lowest BCUT2D eigenvalue weighted by Gasteiger charge is -2.06. The average Bonchev–Trinajstić information content (AvgIpc) is 4.55. The van der Waals surface area contributed by atoms with Crippen molar-refractivity contribution < 1.29 is 0 Å². The van der Waals surface area contributed by atoms with Crippen molar-refractivity contribution in [1.29, 1.82) is 0 Å². The molecule has 9 aromatic rings. The van der Waals surface area contributed by atoms with E-state index in [1.54, 1.807) is 22.3 Å². The third-order valence-electron chi connectivity index (χ3n) is 17.2. The van der Waals surface area contributed by atoms with Crippen LogP contribution >= 0.6 is 56.7 Å². The van der Waals surface area contributed by atoms with Crippen molar-refractivity contribution >= 4 is 78.2 Å². The molecule has 0 atom stereocenters. The average molecular weight is 1180 g/mol. The predicted molar refractivity (Wildman–Crippen MR) is 375 cm³/mol. The summed E-state index contributed by atoms with van der Waals surface area (Å²) in [5.41, 5.74) is 11.8. The molecule has 5 heterocycles. The van der Waals surface area contributed by atoms with Crippen LogP contribution < -0.4 is 0 Å². The van der Waals surface area contributed by atoms with Gasteiger partial charge in [-0.25, -0.2) is 0 Å². The zero-order valence-electron chi connectivity index (χ0n) is 51.4. The van der Waals surface area contributed by atoms with Gasteiger partial charge in [0.25, 0.3) is 0 Å². The summed E-state index contributed by atoms with van der Waals surface area (Å²) in [5, 5.41) is 5.42. The van der Waals surface area contributed by atoms with Gasteiger partial charge in [0.05, 0.1) is 0 Å². The maximum Gasteiger partial charge on any atom is 0.0484 e. The number of fused-ring (bicyclic) bond motifs is 2. The van der Waals surface area contributed by atoms with Gasteiger partial charge in [-0.1, -0.05) is 236 Å². The topological polar surface area (TPSA) is 0 Å². The van der Waals surface area contributed by atoms with Crippen LogP contribution in [0.25, 0.3) is 81.4 Å². The zero-order valence-corrected chi connectivity index (χ0v) is 55.4. The van der Waals surface area contributed by atoms with Gasteiger partial charge in [0.15, 0.2) is 0 Å². The molecule has 0 fully saturated rings. The summed E-state index contributed by atoms with van der Waals surface area (Å²) < 4.78 is 0. The van der Waals surface area contributed by atoms with E-state index in [1.165, 1.54) is 266 Å². The molecule has 5 aromatic heterocycles. The van der Waals surface area contributed by atoms with Gasteiger partial charge in [0, 0.05) is 48.8 Å². The van der Waals surface area contributed by atoms with Gasteiger partial charge < -0.3 is 0 Å². The highest BCUT2D eigenvalue weighted by Crippen LogP contribution is 2.51. The molecule has 0 aliphatic rings. The zero-order chi connectivity index (χ0) is 56.9. The normalized spacial score (nSPS) is 11.8. The monoisotopic (exact) mass is 1180 g/mol.